The van der Waals surface area contributed by atoms with Gasteiger partial charge in [0.1, 0.15) is 10.9 Å². The van der Waals surface area contributed by atoms with Gasteiger partial charge in [-0.2, -0.15) is 0 Å². The maximum Gasteiger partial charge on any atom is 0.129 e. The monoisotopic (exact) mass is 290 g/mol. The second-order valence-corrected chi connectivity index (χ2v) is 5.00. The zero-order valence-electron chi connectivity index (χ0n) is 11.8. The molecule has 2 rings (SSSR count). The largest absolute Gasteiger partial charge is 0.494 e. The Balaban J connectivity index is 1.93. The molecule has 0 aliphatic heterocycles. The second kappa shape index (κ2) is 7.15. The van der Waals surface area contributed by atoms with Crippen molar-refractivity contribution in [2.75, 3.05) is 11.9 Å². The molecule has 0 amide bonds. The zero-order chi connectivity index (χ0) is 14.4. The van der Waals surface area contributed by atoms with Crippen LogP contribution in [0, 0.1) is 6.92 Å². The van der Waals surface area contributed by atoms with Gasteiger partial charge in [0.05, 0.1) is 18.0 Å². The molecule has 0 fully saturated rings. The molecule has 1 aromatic carbocycles. The Morgan fingerprint density at radius 1 is 1.15 bits per heavy atom. The van der Waals surface area contributed by atoms with Crippen LogP contribution in [0.1, 0.15) is 24.6 Å². The average Bonchev–Trinajstić information content (AvgIpc) is 2.45. The van der Waals surface area contributed by atoms with Crippen molar-refractivity contribution in [3.05, 3.63) is 52.8 Å². The molecule has 1 aromatic heterocycles. The van der Waals surface area contributed by atoms with E-state index >= 15 is 0 Å². The van der Waals surface area contributed by atoms with Crippen LogP contribution in [0.4, 0.5) is 5.69 Å². The van der Waals surface area contributed by atoms with Gasteiger partial charge in [-0.25, -0.2) is 4.98 Å². The van der Waals surface area contributed by atoms with Crippen LogP contribution in [-0.2, 0) is 6.54 Å². The van der Waals surface area contributed by atoms with Crippen molar-refractivity contribution in [2.24, 2.45) is 0 Å². The highest BCUT2D eigenvalue weighted by Crippen LogP contribution is 2.18. The number of nitrogens with one attached hydrogen (secondary N) is 1. The topological polar surface area (TPSA) is 34.1 Å². The van der Waals surface area contributed by atoms with Crippen LogP contribution in [0.2, 0.25) is 5.15 Å². The lowest BCUT2D eigenvalue weighted by atomic mass is 10.2. The zero-order valence-corrected chi connectivity index (χ0v) is 12.6. The van der Waals surface area contributed by atoms with Crippen molar-refractivity contribution in [3.63, 3.8) is 0 Å². The first-order chi connectivity index (χ1) is 9.69. The predicted octanol–water partition coefficient (Wildman–Crippen LogP) is 4.44. The van der Waals surface area contributed by atoms with Crippen LogP contribution in [-0.4, -0.2) is 11.6 Å². The van der Waals surface area contributed by atoms with Gasteiger partial charge < -0.3 is 10.1 Å². The number of aryl methyl sites for hydroxylation is 1. The van der Waals surface area contributed by atoms with Crippen molar-refractivity contribution < 1.29 is 4.74 Å². The molecular weight excluding hydrogens is 272 g/mol. The number of aromatic nitrogens is 1. The van der Waals surface area contributed by atoms with E-state index < -0.39 is 0 Å². The molecule has 0 spiro atoms. The van der Waals surface area contributed by atoms with Crippen molar-refractivity contribution >= 4 is 17.3 Å². The average molecular weight is 291 g/mol. The summed E-state index contributed by atoms with van der Waals surface area (Å²) < 4.78 is 5.56. The van der Waals surface area contributed by atoms with Gasteiger partial charge >= 0.3 is 0 Å². The summed E-state index contributed by atoms with van der Waals surface area (Å²) in [5, 5.41) is 3.88. The van der Waals surface area contributed by atoms with Gasteiger partial charge in [0.25, 0.3) is 0 Å². The van der Waals surface area contributed by atoms with Gasteiger partial charge in [0.15, 0.2) is 0 Å². The summed E-state index contributed by atoms with van der Waals surface area (Å²) in [4.78, 5) is 4.22. The molecule has 0 saturated carbocycles. The molecule has 0 unspecified atom stereocenters. The van der Waals surface area contributed by atoms with Crippen LogP contribution < -0.4 is 10.1 Å². The summed E-state index contributed by atoms with van der Waals surface area (Å²) in [7, 11) is 0. The van der Waals surface area contributed by atoms with E-state index in [-0.39, 0.29) is 0 Å². The second-order valence-electron chi connectivity index (χ2n) is 4.61. The molecule has 0 bridgehead atoms. The fourth-order valence-electron chi connectivity index (χ4n) is 1.84. The molecule has 1 heterocycles. The highest BCUT2D eigenvalue weighted by molar-refractivity contribution is 6.29. The highest BCUT2D eigenvalue weighted by atomic mass is 35.5. The van der Waals surface area contributed by atoms with Gasteiger partial charge in [0.2, 0.25) is 0 Å². The number of halogens is 1. The third-order valence-corrected chi connectivity index (χ3v) is 3.14. The minimum atomic E-state index is 0.519. The summed E-state index contributed by atoms with van der Waals surface area (Å²) in [5.41, 5.74) is 3.10. The molecule has 4 heteroatoms. The van der Waals surface area contributed by atoms with Crippen LogP contribution in [0.25, 0.3) is 0 Å². The van der Waals surface area contributed by atoms with Gasteiger partial charge in [-0.15, -0.1) is 0 Å². The van der Waals surface area contributed by atoms with Crippen LogP contribution in [0.5, 0.6) is 5.75 Å². The summed E-state index contributed by atoms with van der Waals surface area (Å²) in [6.45, 7) is 5.54. The maximum absolute atomic E-state index is 5.84. The molecule has 1 N–H and O–H groups in total. The Labute approximate surface area is 124 Å². The van der Waals surface area contributed by atoms with Gasteiger partial charge in [-0.05, 0) is 43.2 Å². The van der Waals surface area contributed by atoms with E-state index in [1.807, 2.05) is 25.1 Å². The quantitative estimate of drug-likeness (QED) is 0.798. The molecule has 0 aliphatic rings. The third kappa shape index (κ3) is 4.14. The van der Waals surface area contributed by atoms with Gasteiger partial charge in [0, 0.05) is 6.54 Å². The molecule has 2 aromatic rings. The fourth-order valence-corrected chi connectivity index (χ4v) is 2.03. The highest BCUT2D eigenvalue weighted by Gasteiger charge is 2.01. The number of pyridine rings is 1. The lowest BCUT2D eigenvalue weighted by Gasteiger charge is -2.10. The summed E-state index contributed by atoms with van der Waals surface area (Å²) in [5.74, 6) is 0.917. The summed E-state index contributed by atoms with van der Waals surface area (Å²) >= 11 is 5.84. The van der Waals surface area contributed by atoms with E-state index in [1.54, 1.807) is 6.07 Å². The van der Waals surface area contributed by atoms with Gasteiger partial charge in [-0.3, -0.25) is 0 Å². The number of ether oxygens (including phenoxy) is 1. The van der Waals surface area contributed by atoms with Crippen LogP contribution in [0.3, 0.4) is 0 Å². The van der Waals surface area contributed by atoms with E-state index in [4.69, 9.17) is 16.3 Å². The Bertz CT molecular complexity index is 555. The number of benzene rings is 1. The first-order valence-corrected chi connectivity index (χ1v) is 7.15. The molecule has 20 heavy (non-hydrogen) atoms. The van der Waals surface area contributed by atoms with Crippen molar-refractivity contribution in [1.82, 2.24) is 4.98 Å². The Morgan fingerprint density at radius 2 is 1.90 bits per heavy atom. The first-order valence-electron chi connectivity index (χ1n) is 6.78. The van der Waals surface area contributed by atoms with Crippen molar-refractivity contribution in [1.29, 1.82) is 0 Å². The minimum absolute atomic E-state index is 0.519. The van der Waals surface area contributed by atoms with E-state index in [0.717, 1.165) is 36.7 Å². The predicted molar refractivity (Wildman–Crippen MR) is 83.5 cm³/mol. The van der Waals surface area contributed by atoms with E-state index in [2.05, 4.69) is 29.4 Å². The summed E-state index contributed by atoms with van der Waals surface area (Å²) in [6.07, 6.45) is 1.02. The van der Waals surface area contributed by atoms with E-state index in [1.165, 1.54) is 5.56 Å². The number of rotatable bonds is 6. The van der Waals surface area contributed by atoms with E-state index in [9.17, 15) is 0 Å². The lowest BCUT2D eigenvalue weighted by molar-refractivity contribution is 0.317. The number of hydrogen-bond acceptors (Lipinski definition) is 3. The molecule has 3 nitrogen and oxygen atoms in total. The summed E-state index contributed by atoms with van der Waals surface area (Å²) in [6, 6.07) is 11.9. The van der Waals surface area contributed by atoms with Crippen LogP contribution >= 0.6 is 11.6 Å². The van der Waals surface area contributed by atoms with Crippen molar-refractivity contribution in [3.8, 4) is 5.75 Å². The first kappa shape index (κ1) is 14.7. The maximum atomic E-state index is 5.84. The van der Waals surface area contributed by atoms with Crippen LogP contribution in [0.15, 0.2) is 36.4 Å². The number of hydrogen-bond donors (Lipinski definition) is 1. The Kier molecular flexibility index (Phi) is 5.24. The molecule has 0 radical (unpaired) electrons. The minimum Gasteiger partial charge on any atom is -0.494 e. The molecule has 0 aliphatic carbocycles. The molecule has 0 saturated heterocycles. The van der Waals surface area contributed by atoms with Crippen molar-refractivity contribution in [2.45, 2.75) is 26.8 Å². The van der Waals surface area contributed by atoms with Gasteiger partial charge in [-0.1, -0.05) is 30.7 Å². The SMILES string of the molecule is CCCOc1ccc(CNc2ccc(Cl)nc2C)cc1. The number of nitrogens with zero attached hydrogens (tertiary/aromatic N) is 1. The lowest BCUT2D eigenvalue weighted by Crippen LogP contribution is -2.02. The third-order valence-electron chi connectivity index (χ3n) is 2.93. The molecular formula is C16H19ClN2O. The molecule has 106 valence electrons. The standard InChI is InChI=1S/C16H19ClN2O/c1-3-10-20-14-6-4-13(5-7-14)11-18-15-8-9-16(17)19-12(15)2/h4-9,18H,3,10-11H2,1-2H3. The Morgan fingerprint density at radius 3 is 2.55 bits per heavy atom. The number of anilines is 1. The Hall–Kier alpha value is -1.74. The smallest absolute Gasteiger partial charge is 0.129 e. The van der Waals surface area contributed by atoms with E-state index in [0.29, 0.717) is 5.15 Å². The fraction of sp³-hybridized carbons (Fsp3) is 0.312. The molecule has 0 atom stereocenters. The normalized spacial score (nSPS) is 10.3.